The van der Waals surface area contributed by atoms with Crippen LogP contribution in [-0.2, 0) is 6.54 Å². The number of hydrogen-bond donors (Lipinski definition) is 1. The molecular formula is C17H30N2S. The van der Waals surface area contributed by atoms with Gasteiger partial charge in [0, 0.05) is 19.1 Å². The normalized spacial score (nSPS) is 27.1. The Bertz CT molecular complexity index is 363. The molecule has 0 aromatic carbocycles. The topological polar surface area (TPSA) is 15.3 Å². The summed E-state index contributed by atoms with van der Waals surface area (Å²) in [6.07, 6.45) is 6.95. The molecule has 3 atom stereocenters. The zero-order chi connectivity index (χ0) is 14.4. The molecular weight excluding hydrogens is 264 g/mol. The van der Waals surface area contributed by atoms with Gasteiger partial charge < -0.3 is 10.2 Å². The van der Waals surface area contributed by atoms with Crippen LogP contribution in [0.25, 0.3) is 0 Å². The summed E-state index contributed by atoms with van der Waals surface area (Å²) in [5.41, 5.74) is 1.46. The predicted molar refractivity (Wildman–Crippen MR) is 89.2 cm³/mol. The maximum Gasteiger partial charge on any atom is 0.0239 e. The lowest BCUT2D eigenvalue weighted by atomic mass is 9.76. The molecule has 0 bridgehead atoms. The van der Waals surface area contributed by atoms with Crippen LogP contribution < -0.4 is 5.32 Å². The fraction of sp³-hybridized carbons (Fsp3) is 0.765. The highest BCUT2D eigenvalue weighted by Gasteiger charge is 2.29. The summed E-state index contributed by atoms with van der Waals surface area (Å²) in [6.45, 7) is 4.64. The van der Waals surface area contributed by atoms with E-state index < -0.39 is 0 Å². The fourth-order valence-corrected chi connectivity index (χ4v) is 4.43. The highest BCUT2D eigenvalue weighted by molar-refractivity contribution is 7.07. The molecule has 1 saturated carbocycles. The minimum Gasteiger partial charge on any atom is -0.317 e. The van der Waals surface area contributed by atoms with E-state index in [4.69, 9.17) is 0 Å². The number of rotatable bonds is 7. The van der Waals surface area contributed by atoms with E-state index in [2.05, 4.69) is 48.1 Å². The van der Waals surface area contributed by atoms with E-state index >= 15 is 0 Å². The minimum atomic E-state index is 0.716. The molecule has 0 amide bonds. The molecule has 2 rings (SSSR count). The first-order valence-corrected chi connectivity index (χ1v) is 9.04. The molecule has 3 heteroatoms. The lowest BCUT2D eigenvalue weighted by Crippen LogP contribution is -2.43. The van der Waals surface area contributed by atoms with Crippen molar-refractivity contribution < 1.29 is 0 Å². The molecule has 1 N–H and O–H groups in total. The smallest absolute Gasteiger partial charge is 0.0239 e. The van der Waals surface area contributed by atoms with Crippen LogP contribution in [0.1, 0.15) is 44.6 Å². The van der Waals surface area contributed by atoms with Crippen molar-refractivity contribution in [2.45, 2.75) is 51.6 Å². The van der Waals surface area contributed by atoms with Gasteiger partial charge in [-0.1, -0.05) is 19.8 Å². The largest absolute Gasteiger partial charge is 0.317 e. The number of nitrogens with one attached hydrogen (secondary N) is 1. The van der Waals surface area contributed by atoms with Crippen LogP contribution in [0.3, 0.4) is 0 Å². The summed E-state index contributed by atoms with van der Waals surface area (Å²) in [6, 6.07) is 2.96. The summed E-state index contributed by atoms with van der Waals surface area (Å²) in [4.78, 5) is 2.51. The zero-order valence-corrected chi connectivity index (χ0v) is 14.1. The van der Waals surface area contributed by atoms with Gasteiger partial charge in [0.1, 0.15) is 0 Å². The Morgan fingerprint density at radius 2 is 2.25 bits per heavy atom. The summed E-state index contributed by atoms with van der Waals surface area (Å²) < 4.78 is 0. The van der Waals surface area contributed by atoms with Crippen LogP contribution in [-0.4, -0.2) is 31.6 Å². The maximum atomic E-state index is 3.56. The van der Waals surface area contributed by atoms with Crippen molar-refractivity contribution in [2.75, 3.05) is 20.6 Å². The van der Waals surface area contributed by atoms with E-state index in [1.54, 1.807) is 11.3 Å². The highest BCUT2D eigenvalue weighted by atomic mass is 32.1. The zero-order valence-electron chi connectivity index (χ0n) is 13.3. The summed E-state index contributed by atoms with van der Waals surface area (Å²) in [5, 5.41) is 8.00. The lowest BCUT2D eigenvalue weighted by Gasteiger charge is -2.38. The highest BCUT2D eigenvalue weighted by Crippen LogP contribution is 2.32. The molecule has 1 aromatic rings. The molecule has 1 fully saturated rings. The van der Waals surface area contributed by atoms with Crippen LogP contribution in [0.4, 0.5) is 0 Å². The summed E-state index contributed by atoms with van der Waals surface area (Å²) in [7, 11) is 4.41. The Balaban J connectivity index is 1.86. The van der Waals surface area contributed by atoms with Crippen molar-refractivity contribution in [1.29, 1.82) is 0 Å². The van der Waals surface area contributed by atoms with Gasteiger partial charge in [-0.05, 0) is 67.6 Å². The maximum absolute atomic E-state index is 3.56. The second kappa shape index (κ2) is 8.16. The van der Waals surface area contributed by atoms with Crippen molar-refractivity contribution >= 4 is 11.3 Å². The third-order valence-corrected chi connectivity index (χ3v) is 5.47. The average Bonchev–Trinajstić information content (AvgIpc) is 2.92. The van der Waals surface area contributed by atoms with Crippen molar-refractivity contribution in [2.24, 2.45) is 11.8 Å². The molecule has 0 aliphatic heterocycles. The molecule has 2 nitrogen and oxygen atoms in total. The Hall–Kier alpha value is -0.380. The van der Waals surface area contributed by atoms with Gasteiger partial charge in [-0.2, -0.15) is 11.3 Å². The monoisotopic (exact) mass is 294 g/mol. The predicted octanol–water partition coefficient (Wildman–Crippen LogP) is 3.98. The van der Waals surface area contributed by atoms with Gasteiger partial charge in [0.15, 0.2) is 0 Å². The van der Waals surface area contributed by atoms with Crippen molar-refractivity contribution in [3.63, 3.8) is 0 Å². The third-order valence-electron chi connectivity index (χ3n) is 4.74. The Kier molecular flexibility index (Phi) is 6.53. The van der Waals surface area contributed by atoms with Crippen LogP contribution in [0.15, 0.2) is 16.8 Å². The molecule has 1 heterocycles. The van der Waals surface area contributed by atoms with Crippen molar-refractivity contribution in [3.8, 4) is 0 Å². The Labute approximate surface area is 128 Å². The molecule has 1 aliphatic rings. The quantitative estimate of drug-likeness (QED) is 0.818. The van der Waals surface area contributed by atoms with Gasteiger partial charge in [0.05, 0.1) is 0 Å². The van der Waals surface area contributed by atoms with Gasteiger partial charge in [0.2, 0.25) is 0 Å². The Morgan fingerprint density at radius 3 is 2.90 bits per heavy atom. The summed E-state index contributed by atoms with van der Waals surface area (Å²) >= 11 is 1.80. The van der Waals surface area contributed by atoms with E-state index in [1.165, 1.54) is 44.2 Å². The van der Waals surface area contributed by atoms with Crippen LogP contribution in [0.2, 0.25) is 0 Å². The fourth-order valence-electron chi connectivity index (χ4n) is 3.77. The molecule has 1 aromatic heterocycles. The van der Waals surface area contributed by atoms with E-state index in [1.807, 2.05) is 0 Å². The first-order valence-electron chi connectivity index (χ1n) is 8.09. The van der Waals surface area contributed by atoms with E-state index in [0.717, 1.165) is 18.4 Å². The minimum absolute atomic E-state index is 0.716. The van der Waals surface area contributed by atoms with Gasteiger partial charge in [-0.25, -0.2) is 0 Å². The molecule has 20 heavy (non-hydrogen) atoms. The second-order valence-electron chi connectivity index (χ2n) is 6.45. The third kappa shape index (κ3) is 4.57. The molecule has 114 valence electrons. The van der Waals surface area contributed by atoms with Gasteiger partial charge in [-0.15, -0.1) is 0 Å². The number of hydrogen-bond acceptors (Lipinski definition) is 3. The lowest BCUT2D eigenvalue weighted by molar-refractivity contribution is 0.151. The van der Waals surface area contributed by atoms with Crippen molar-refractivity contribution in [1.82, 2.24) is 10.2 Å². The van der Waals surface area contributed by atoms with E-state index in [9.17, 15) is 0 Å². The molecule has 0 radical (unpaired) electrons. The van der Waals surface area contributed by atoms with Crippen LogP contribution >= 0.6 is 11.3 Å². The first kappa shape index (κ1) is 16.0. The van der Waals surface area contributed by atoms with Gasteiger partial charge >= 0.3 is 0 Å². The average molecular weight is 295 g/mol. The van der Waals surface area contributed by atoms with E-state index in [-0.39, 0.29) is 0 Å². The Morgan fingerprint density at radius 1 is 1.40 bits per heavy atom. The molecule has 1 aliphatic carbocycles. The SMILES string of the molecule is CCCC1CCC(NC)C(CN(C)Cc2ccsc2)C1. The first-order chi connectivity index (χ1) is 9.72. The number of nitrogens with zero attached hydrogens (tertiary/aromatic N) is 1. The summed E-state index contributed by atoms with van der Waals surface area (Å²) in [5.74, 6) is 1.78. The molecule has 3 unspecified atom stereocenters. The molecule has 0 spiro atoms. The second-order valence-corrected chi connectivity index (χ2v) is 7.23. The van der Waals surface area contributed by atoms with Gasteiger partial charge in [0.25, 0.3) is 0 Å². The van der Waals surface area contributed by atoms with Crippen LogP contribution in [0, 0.1) is 11.8 Å². The molecule has 0 saturated heterocycles. The van der Waals surface area contributed by atoms with Gasteiger partial charge in [-0.3, -0.25) is 0 Å². The van der Waals surface area contributed by atoms with Crippen molar-refractivity contribution in [3.05, 3.63) is 22.4 Å². The number of thiophene rings is 1. The standard InChI is InChI=1S/C17H30N2S/c1-4-5-14-6-7-17(18-2)16(10-14)12-19(3)11-15-8-9-20-13-15/h8-9,13-14,16-18H,4-7,10-12H2,1-3H3. The van der Waals surface area contributed by atoms with Crippen LogP contribution in [0.5, 0.6) is 0 Å². The van der Waals surface area contributed by atoms with E-state index in [0.29, 0.717) is 6.04 Å².